The first-order valence-corrected chi connectivity index (χ1v) is 6.09. The van der Waals surface area contributed by atoms with E-state index in [0.717, 1.165) is 0 Å². The van der Waals surface area contributed by atoms with Crippen molar-refractivity contribution in [3.63, 3.8) is 0 Å². The fourth-order valence-electron chi connectivity index (χ4n) is 1.76. The topological polar surface area (TPSA) is 104 Å². The van der Waals surface area contributed by atoms with E-state index < -0.39 is 11.2 Å². The summed E-state index contributed by atoms with van der Waals surface area (Å²) in [4.78, 5) is 34.1. The molecule has 0 aliphatic carbocycles. The van der Waals surface area contributed by atoms with E-state index in [1.165, 1.54) is 0 Å². The minimum atomic E-state index is -0.601. The maximum Gasteiger partial charge on any atom is 0.327 e. The van der Waals surface area contributed by atoms with Crippen molar-refractivity contribution in [2.24, 2.45) is 0 Å². The lowest BCUT2D eigenvalue weighted by molar-refractivity contribution is 0.297. The zero-order valence-corrected chi connectivity index (χ0v) is 10.8. The molecule has 0 aliphatic heterocycles. The number of halogens is 1. The van der Waals surface area contributed by atoms with Crippen LogP contribution in [0.1, 0.15) is 5.82 Å². The molecule has 3 rings (SSSR count). The van der Waals surface area contributed by atoms with Crippen molar-refractivity contribution in [3.8, 4) is 5.75 Å². The van der Waals surface area contributed by atoms with E-state index in [1.807, 2.05) is 0 Å². The largest absolute Gasteiger partial charge is 0.486 e. The average molecular weight is 293 g/mol. The van der Waals surface area contributed by atoms with E-state index in [1.54, 1.807) is 24.3 Å². The molecule has 8 heteroatoms. The number of ether oxygens (including phenoxy) is 1. The number of H-pyrrole nitrogens is 3. The molecule has 0 saturated carbocycles. The summed E-state index contributed by atoms with van der Waals surface area (Å²) in [5.74, 6) is 1.01. The van der Waals surface area contributed by atoms with Gasteiger partial charge in [0.05, 0.1) is 0 Å². The van der Waals surface area contributed by atoms with Gasteiger partial charge in [0.25, 0.3) is 5.56 Å². The van der Waals surface area contributed by atoms with Gasteiger partial charge in [-0.05, 0) is 18.2 Å². The van der Waals surface area contributed by atoms with Gasteiger partial charge in [-0.2, -0.15) is 0 Å². The maximum atomic E-state index is 11.5. The highest BCUT2D eigenvalue weighted by molar-refractivity contribution is 6.30. The molecule has 0 spiro atoms. The van der Waals surface area contributed by atoms with Crippen LogP contribution in [0, 0.1) is 0 Å². The van der Waals surface area contributed by atoms with Crippen LogP contribution in [0.25, 0.3) is 11.2 Å². The van der Waals surface area contributed by atoms with Crippen LogP contribution in [0.15, 0.2) is 33.9 Å². The molecule has 0 aliphatic rings. The fourth-order valence-corrected chi connectivity index (χ4v) is 1.94. The Kier molecular flexibility index (Phi) is 3.03. The molecule has 3 aromatic rings. The van der Waals surface area contributed by atoms with Crippen LogP contribution in [0.4, 0.5) is 0 Å². The third kappa shape index (κ3) is 2.43. The summed E-state index contributed by atoms with van der Waals surface area (Å²) in [5, 5.41) is 0.563. The van der Waals surface area contributed by atoms with Gasteiger partial charge in [-0.3, -0.25) is 14.8 Å². The second kappa shape index (κ2) is 4.86. The number of imidazole rings is 1. The average Bonchev–Trinajstić information content (AvgIpc) is 2.80. The van der Waals surface area contributed by atoms with Gasteiger partial charge in [-0.15, -0.1) is 0 Å². The van der Waals surface area contributed by atoms with Crippen molar-refractivity contribution in [1.29, 1.82) is 0 Å². The van der Waals surface area contributed by atoms with Crippen LogP contribution in [0.2, 0.25) is 5.02 Å². The Balaban J connectivity index is 1.87. The SMILES string of the molecule is O=c1[nH]c(=O)c2[nH]c(COc3cccc(Cl)c3)nc2[nH]1. The van der Waals surface area contributed by atoms with Gasteiger partial charge in [0.1, 0.15) is 23.7 Å². The van der Waals surface area contributed by atoms with Gasteiger partial charge in [-0.1, -0.05) is 17.7 Å². The molecular weight excluding hydrogens is 284 g/mol. The van der Waals surface area contributed by atoms with Gasteiger partial charge in [-0.25, -0.2) is 9.78 Å². The van der Waals surface area contributed by atoms with E-state index in [-0.39, 0.29) is 17.8 Å². The molecule has 0 radical (unpaired) electrons. The standard InChI is InChI=1S/C12H9ClN4O3/c13-6-2-1-3-7(4-6)20-5-8-14-9-10(15-8)16-12(19)17-11(9)18/h1-4H,5H2,(H3,14,15,16,17,18,19). The number of nitrogens with zero attached hydrogens (tertiary/aromatic N) is 1. The molecule has 102 valence electrons. The smallest absolute Gasteiger partial charge is 0.327 e. The molecule has 2 heterocycles. The van der Waals surface area contributed by atoms with Gasteiger partial charge < -0.3 is 9.72 Å². The molecule has 3 N–H and O–H groups in total. The molecular formula is C12H9ClN4O3. The zero-order valence-electron chi connectivity index (χ0n) is 10.1. The Labute approximate surface area is 116 Å². The number of benzene rings is 1. The first-order valence-electron chi connectivity index (χ1n) is 5.71. The van der Waals surface area contributed by atoms with Crippen molar-refractivity contribution in [2.45, 2.75) is 6.61 Å². The highest BCUT2D eigenvalue weighted by atomic mass is 35.5. The lowest BCUT2D eigenvalue weighted by atomic mass is 10.3. The summed E-state index contributed by atoms with van der Waals surface area (Å²) in [6.45, 7) is 0.122. The zero-order chi connectivity index (χ0) is 14.1. The predicted octanol–water partition coefficient (Wildman–Crippen LogP) is 1.17. The quantitative estimate of drug-likeness (QED) is 0.674. The van der Waals surface area contributed by atoms with Crippen molar-refractivity contribution in [3.05, 3.63) is 56.0 Å². The van der Waals surface area contributed by atoms with Crippen molar-refractivity contribution >= 4 is 22.8 Å². The molecule has 0 unspecified atom stereocenters. The summed E-state index contributed by atoms with van der Waals surface area (Å²) in [6, 6.07) is 6.92. The number of hydrogen-bond acceptors (Lipinski definition) is 4. The highest BCUT2D eigenvalue weighted by Crippen LogP contribution is 2.18. The highest BCUT2D eigenvalue weighted by Gasteiger charge is 2.08. The molecule has 0 fully saturated rings. The molecule has 7 nitrogen and oxygen atoms in total. The van der Waals surface area contributed by atoms with E-state index in [0.29, 0.717) is 16.6 Å². The first kappa shape index (κ1) is 12.5. The van der Waals surface area contributed by atoms with Crippen LogP contribution in [0.3, 0.4) is 0 Å². The van der Waals surface area contributed by atoms with Crippen LogP contribution >= 0.6 is 11.6 Å². The van der Waals surface area contributed by atoms with Crippen molar-refractivity contribution in [2.75, 3.05) is 0 Å². The predicted molar refractivity (Wildman–Crippen MR) is 73.1 cm³/mol. The number of fused-ring (bicyclic) bond motifs is 1. The number of hydrogen-bond donors (Lipinski definition) is 3. The Morgan fingerprint density at radius 3 is 2.85 bits per heavy atom. The number of nitrogens with one attached hydrogen (secondary N) is 3. The number of rotatable bonds is 3. The Morgan fingerprint density at radius 2 is 2.05 bits per heavy atom. The van der Waals surface area contributed by atoms with Gasteiger partial charge in [0.2, 0.25) is 0 Å². The summed E-state index contributed by atoms with van der Waals surface area (Å²) in [7, 11) is 0. The van der Waals surface area contributed by atoms with Gasteiger partial charge in [0.15, 0.2) is 5.65 Å². The summed E-state index contributed by atoms with van der Waals surface area (Å²) in [5.41, 5.74) is -0.723. The van der Waals surface area contributed by atoms with E-state index in [4.69, 9.17) is 16.3 Å². The van der Waals surface area contributed by atoms with Crippen LogP contribution in [-0.2, 0) is 6.61 Å². The Morgan fingerprint density at radius 1 is 1.20 bits per heavy atom. The summed E-state index contributed by atoms with van der Waals surface area (Å²) in [6.07, 6.45) is 0. The van der Waals surface area contributed by atoms with Crippen molar-refractivity contribution in [1.82, 2.24) is 19.9 Å². The molecule has 0 saturated heterocycles. The molecule has 1 aromatic carbocycles. The van der Waals surface area contributed by atoms with Gasteiger partial charge in [0, 0.05) is 5.02 Å². The van der Waals surface area contributed by atoms with E-state index in [2.05, 4.69) is 19.9 Å². The van der Waals surface area contributed by atoms with Gasteiger partial charge >= 0.3 is 5.69 Å². The summed E-state index contributed by atoms with van der Waals surface area (Å²) >= 11 is 5.84. The third-order valence-corrected chi connectivity index (χ3v) is 2.85. The lowest BCUT2D eigenvalue weighted by Crippen LogP contribution is -2.21. The lowest BCUT2D eigenvalue weighted by Gasteiger charge is -2.03. The second-order valence-corrected chi connectivity index (χ2v) is 4.50. The van der Waals surface area contributed by atoms with E-state index in [9.17, 15) is 9.59 Å². The summed E-state index contributed by atoms with van der Waals surface area (Å²) < 4.78 is 5.49. The normalized spacial score (nSPS) is 10.8. The number of aromatic nitrogens is 4. The molecule has 0 atom stereocenters. The fraction of sp³-hybridized carbons (Fsp3) is 0.0833. The second-order valence-electron chi connectivity index (χ2n) is 4.06. The van der Waals surface area contributed by atoms with Crippen LogP contribution < -0.4 is 16.0 Å². The minimum Gasteiger partial charge on any atom is -0.486 e. The molecule has 2 aromatic heterocycles. The van der Waals surface area contributed by atoms with Crippen molar-refractivity contribution < 1.29 is 4.74 Å². The Bertz CT molecular complexity index is 880. The molecule has 0 bridgehead atoms. The Hall–Kier alpha value is -2.54. The number of aromatic amines is 3. The first-order chi connectivity index (χ1) is 9.61. The van der Waals surface area contributed by atoms with E-state index >= 15 is 0 Å². The minimum absolute atomic E-state index is 0.122. The third-order valence-electron chi connectivity index (χ3n) is 2.61. The van der Waals surface area contributed by atoms with Crippen LogP contribution in [0.5, 0.6) is 5.75 Å². The monoisotopic (exact) mass is 292 g/mol. The molecule has 0 amide bonds. The maximum absolute atomic E-state index is 11.5. The molecule has 20 heavy (non-hydrogen) atoms. The van der Waals surface area contributed by atoms with Crippen LogP contribution in [-0.4, -0.2) is 19.9 Å².